The molecule has 3 aromatic rings. The number of hydrogen-bond acceptors (Lipinski definition) is 3. The molecule has 1 amide bonds. The van der Waals surface area contributed by atoms with Crippen molar-refractivity contribution in [3.05, 3.63) is 96.5 Å². The van der Waals surface area contributed by atoms with Gasteiger partial charge < -0.3 is 10.1 Å². The van der Waals surface area contributed by atoms with Crippen LogP contribution in [0.5, 0.6) is 5.75 Å². The lowest BCUT2D eigenvalue weighted by Gasteiger charge is -2.09. The van der Waals surface area contributed by atoms with Crippen LogP contribution in [0.3, 0.4) is 0 Å². The van der Waals surface area contributed by atoms with Crippen molar-refractivity contribution in [2.24, 2.45) is 0 Å². The van der Waals surface area contributed by atoms with Gasteiger partial charge in [0.1, 0.15) is 24.0 Å². The van der Waals surface area contributed by atoms with Crippen LogP contribution in [0, 0.1) is 14.9 Å². The highest BCUT2D eigenvalue weighted by molar-refractivity contribution is 14.1. The van der Waals surface area contributed by atoms with Crippen LogP contribution in [-0.2, 0) is 11.4 Å². The predicted octanol–water partition coefficient (Wildman–Crippen LogP) is 6.83. The number of carbonyl (C=O) groups excluding carboxylic acids is 1. The van der Waals surface area contributed by atoms with Gasteiger partial charge in [0.2, 0.25) is 0 Å². The fraction of sp³-hybridized carbons (Fsp3) is 0.0435. The van der Waals surface area contributed by atoms with Crippen molar-refractivity contribution >= 4 is 67.8 Å². The molecule has 0 spiro atoms. The summed E-state index contributed by atoms with van der Waals surface area (Å²) in [5.41, 5.74) is 2.17. The van der Waals surface area contributed by atoms with E-state index >= 15 is 0 Å². The summed E-state index contributed by atoms with van der Waals surface area (Å²) in [4.78, 5) is 12.4. The number of nitrogens with one attached hydrogen (secondary N) is 1. The van der Waals surface area contributed by atoms with E-state index in [-0.39, 0.29) is 5.57 Å². The van der Waals surface area contributed by atoms with Gasteiger partial charge in [-0.1, -0.05) is 41.9 Å². The molecule has 4 nitrogen and oxygen atoms in total. The van der Waals surface area contributed by atoms with Gasteiger partial charge in [-0.15, -0.1) is 0 Å². The van der Waals surface area contributed by atoms with Crippen molar-refractivity contribution < 1.29 is 9.53 Å². The minimum Gasteiger partial charge on any atom is -0.488 e. The van der Waals surface area contributed by atoms with Crippen molar-refractivity contribution in [1.29, 1.82) is 5.26 Å². The van der Waals surface area contributed by atoms with Crippen LogP contribution in [0.15, 0.2) is 76.8 Å². The van der Waals surface area contributed by atoms with E-state index in [0.29, 0.717) is 28.6 Å². The zero-order valence-corrected chi connectivity index (χ0v) is 20.0. The van der Waals surface area contributed by atoms with Gasteiger partial charge in [0, 0.05) is 3.57 Å². The van der Waals surface area contributed by atoms with Crippen LogP contribution in [0.2, 0.25) is 5.02 Å². The number of benzene rings is 3. The van der Waals surface area contributed by atoms with Crippen LogP contribution in [0.1, 0.15) is 11.1 Å². The summed E-state index contributed by atoms with van der Waals surface area (Å²) >= 11 is 11.8. The minimum absolute atomic E-state index is 0.0330. The molecule has 0 aliphatic carbocycles. The van der Waals surface area contributed by atoms with E-state index < -0.39 is 5.91 Å². The summed E-state index contributed by atoms with van der Waals surface area (Å²) in [7, 11) is 0. The highest BCUT2D eigenvalue weighted by Gasteiger charge is 2.12. The maximum absolute atomic E-state index is 12.4. The van der Waals surface area contributed by atoms with E-state index in [0.717, 1.165) is 10.0 Å². The maximum Gasteiger partial charge on any atom is 0.266 e. The molecule has 30 heavy (non-hydrogen) atoms. The van der Waals surface area contributed by atoms with Gasteiger partial charge in [-0.3, -0.25) is 4.79 Å². The monoisotopic (exact) mass is 592 g/mol. The van der Waals surface area contributed by atoms with Gasteiger partial charge >= 0.3 is 0 Å². The summed E-state index contributed by atoms with van der Waals surface area (Å²) in [5, 5.41) is 12.5. The lowest BCUT2D eigenvalue weighted by atomic mass is 10.1. The second-order valence-electron chi connectivity index (χ2n) is 6.21. The Morgan fingerprint density at radius 1 is 1.17 bits per heavy atom. The fourth-order valence-electron chi connectivity index (χ4n) is 2.53. The molecular formula is C23H15BrClIN2O2. The molecule has 150 valence electrons. The number of ether oxygens (including phenoxy) is 1. The smallest absolute Gasteiger partial charge is 0.266 e. The SMILES string of the molecule is N#C/C(=C\c1ccc(OCc2ccc(I)cc2)c(Br)c1)C(=O)Nc1ccccc1Cl. The number of nitrogens with zero attached hydrogens (tertiary/aromatic N) is 1. The molecule has 0 heterocycles. The summed E-state index contributed by atoms with van der Waals surface area (Å²) in [6.07, 6.45) is 1.51. The lowest BCUT2D eigenvalue weighted by Crippen LogP contribution is -2.13. The minimum atomic E-state index is -0.527. The molecule has 0 aromatic heterocycles. The Morgan fingerprint density at radius 2 is 1.90 bits per heavy atom. The molecule has 0 unspecified atom stereocenters. The molecule has 1 N–H and O–H groups in total. The molecule has 0 aliphatic rings. The topological polar surface area (TPSA) is 62.1 Å². The summed E-state index contributed by atoms with van der Waals surface area (Å²) in [6.45, 7) is 0.439. The summed E-state index contributed by atoms with van der Waals surface area (Å²) < 4.78 is 7.75. The van der Waals surface area contributed by atoms with Gasteiger partial charge in [-0.25, -0.2) is 0 Å². The zero-order valence-electron chi connectivity index (χ0n) is 15.5. The summed E-state index contributed by atoms with van der Waals surface area (Å²) in [6, 6.07) is 22.3. The van der Waals surface area contributed by atoms with Gasteiger partial charge in [0.15, 0.2) is 0 Å². The second kappa shape index (κ2) is 10.6. The van der Waals surface area contributed by atoms with E-state index in [1.807, 2.05) is 30.3 Å². The third kappa shape index (κ3) is 6.08. The quantitative estimate of drug-likeness (QED) is 0.194. The Kier molecular flexibility index (Phi) is 7.91. The number of hydrogen-bond donors (Lipinski definition) is 1. The van der Waals surface area contributed by atoms with Crippen molar-refractivity contribution in [2.75, 3.05) is 5.32 Å². The van der Waals surface area contributed by atoms with Gasteiger partial charge in [0.25, 0.3) is 5.91 Å². The Labute approximate surface area is 201 Å². The van der Waals surface area contributed by atoms with Crippen molar-refractivity contribution in [2.45, 2.75) is 6.61 Å². The third-order valence-corrected chi connectivity index (χ3v) is 5.73. The molecule has 0 bridgehead atoms. The number of amides is 1. The molecular weight excluding hydrogens is 579 g/mol. The Balaban J connectivity index is 1.71. The van der Waals surface area contributed by atoms with Crippen LogP contribution < -0.4 is 10.1 Å². The maximum atomic E-state index is 12.4. The van der Waals surface area contributed by atoms with Gasteiger partial charge in [-0.2, -0.15) is 5.26 Å². The van der Waals surface area contributed by atoms with Crippen LogP contribution in [0.25, 0.3) is 6.08 Å². The number of nitriles is 1. The molecule has 0 aliphatic heterocycles. The number of rotatable bonds is 6. The van der Waals surface area contributed by atoms with Crippen molar-refractivity contribution in [3.63, 3.8) is 0 Å². The first-order valence-corrected chi connectivity index (χ1v) is 11.1. The first kappa shape index (κ1) is 22.3. The van der Waals surface area contributed by atoms with Gasteiger partial charge in [0.05, 0.1) is 15.2 Å². The fourth-order valence-corrected chi connectivity index (χ4v) is 3.59. The average Bonchev–Trinajstić information content (AvgIpc) is 2.74. The first-order valence-electron chi connectivity index (χ1n) is 8.81. The first-order chi connectivity index (χ1) is 14.5. The van der Waals surface area contributed by atoms with Crippen LogP contribution >= 0.6 is 50.1 Å². The normalized spacial score (nSPS) is 10.9. The Hall–Kier alpha value is -2.34. The molecule has 0 radical (unpaired) electrons. The lowest BCUT2D eigenvalue weighted by molar-refractivity contribution is -0.112. The molecule has 0 fully saturated rings. The van der Waals surface area contributed by atoms with E-state index in [1.165, 1.54) is 9.65 Å². The molecule has 7 heteroatoms. The number of halogens is 3. The second-order valence-corrected chi connectivity index (χ2v) is 8.72. The predicted molar refractivity (Wildman–Crippen MR) is 131 cm³/mol. The van der Waals surface area contributed by atoms with E-state index in [4.69, 9.17) is 16.3 Å². The number of anilines is 1. The van der Waals surface area contributed by atoms with E-state index in [2.05, 4.69) is 43.8 Å². The molecule has 3 rings (SSSR count). The molecule has 0 atom stereocenters. The Bertz CT molecular complexity index is 1140. The highest BCUT2D eigenvalue weighted by Crippen LogP contribution is 2.28. The highest BCUT2D eigenvalue weighted by atomic mass is 127. The largest absolute Gasteiger partial charge is 0.488 e. The average molecular weight is 594 g/mol. The van der Waals surface area contributed by atoms with Crippen LogP contribution in [-0.4, -0.2) is 5.91 Å². The van der Waals surface area contributed by atoms with Crippen LogP contribution in [0.4, 0.5) is 5.69 Å². The van der Waals surface area contributed by atoms with Crippen molar-refractivity contribution in [3.8, 4) is 11.8 Å². The molecule has 3 aromatic carbocycles. The van der Waals surface area contributed by atoms with E-state index in [1.54, 1.807) is 42.5 Å². The molecule has 0 saturated carbocycles. The zero-order chi connectivity index (χ0) is 21.5. The standard InChI is InChI=1S/C23H15BrClIN2O2/c24-19-12-16(7-10-22(19)30-14-15-5-8-18(26)9-6-15)11-17(13-27)23(29)28-21-4-2-1-3-20(21)25/h1-12H,14H2,(H,28,29)/b17-11+. The van der Waals surface area contributed by atoms with E-state index in [9.17, 15) is 10.1 Å². The third-order valence-electron chi connectivity index (χ3n) is 4.06. The molecule has 0 saturated heterocycles. The number of para-hydroxylation sites is 1. The number of carbonyl (C=O) groups is 1. The van der Waals surface area contributed by atoms with Crippen molar-refractivity contribution in [1.82, 2.24) is 0 Å². The summed E-state index contributed by atoms with van der Waals surface area (Å²) in [5.74, 6) is 0.144. The Morgan fingerprint density at radius 3 is 2.57 bits per heavy atom. The van der Waals surface area contributed by atoms with Gasteiger partial charge in [-0.05, 0) is 92.1 Å².